The average Bonchev–Trinajstić information content (AvgIpc) is 2.66. The van der Waals surface area contributed by atoms with Crippen molar-refractivity contribution in [1.29, 1.82) is 0 Å². The van der Waals surface area contributed by atoms with E-state index in [2.05, 4.69) is 10.4 Å². The second kappa shape index (κ2) is 4.35. The fourth-order valence-corrected chi connectivity index (χ4v) is 1.53. The Labute approximate surface area is 93.9 Å². The largest absolute Gasteiger partial charge is 0.365 e. The van der Waals surface area contributed by atoms with E-state index in [4.69, 9.17) is 0 Å². The molecule has 84 valence electrons. The summed E-state index contributed by atoms with van der Waals surface area (Å²) >= 11 is 0. The third-order valence-corrected chi connectivity index (χ3v) is 2.48. The highest BCUT2D eigenvalue weighted by molar-refractivity contribution is 5.36. The van der Waals surface area contributed by atoms with Gasteiger partial charge in [-0.2, -0.15) is 5.10 Å². The molecular weight excluding hydrogens is 205 g/mol. The summed E-state index contributed by atoms with van der Waals surface area (Å²) in [6, 6.07) is 6.68. The number of benzene rings is 1. The number of hydrogen-bond acceptors (Lipinski definition) is 2. The molecule has 2 rings (SSSR count). The molecule has 0 aliphatic rings. The van der Waals surface area contributed by atoms with Crippen molar-refractivity contribution in [3.8, 4) is 0 Å². The average molecular weight is 219 g/mol. The van der Waals surface area contributed by atoms with Gasteiger partial charge in [0.15, 0.2) is 0 Å². The Kier molecular flexibility index (Phi) is 2.90. The van der Waals surface area contributed by atoms with E-state index in [0.717, 1.165) is 16.9 Å². The topological polar surface area (TPSA) is 29.9 Å². The fraction of sp³-hybridized carbons (Fsp3) is 0.250. The summed E-state index contributed by atoms with van der Waals surface area (Å²) in [6.45, 7) is 2.55. The minimum atomic E-state index is -0.205. The smallest absolute Gasteiger partial charge is 0.148 e. The quantitative estimate of drug-likeness (QED) is 0.859. The van der Waals surface area contributed by atoms with Gasteiger partial charge in [-0.3, -0.25) is 4.68 Å². The molecule has 0 aliphatic heterocycles. The van der Waals surface area contributed by atoms with Crippen LogP contribution in [-0.4, -0.2) is 9.78 Å². The van der Waals surface area contributed by atoms with Crippen LogP contribution in [0.5, 0.6) is 0 Å². The predicted octanol–water partition coefficient (Wildman–Crippen LogP) is 2.48. The Morgan fingerprint density at radius 1 is 1.38 bits per heavy atom. The summed E-state index contributed by atoms with van der Waals surface area (Å²) < 4.78 is 14.8. The lowest BCUT2D eigenvalue weighted by Crippen LogP contribution is -2.03. The maximum Gasteiger partial charge on any atom is 0.148 e. The highest BCUT2D eigenvalue weighted by Gasteiger charge is 2.01. The lowest BCUT2D eigenvalue weighted by atomic mass is 10.1. The summed E-state index contributed by atoms with van der Waals surface area (Å²) in [5.41, 5.74) is 2.02. The van der Waals surface area contributed by atoms with Crippen molar-refractivity contribution in [2.24, 2.45) is 7.05 Å². The van der Waals surface area contributed by atoms with Crippen LogP contribution in [0.4, 0.5) is 10.2 Å². The normalized spacial score (nSPS) is 10.4. The van der Waals surface area contributed by atoms with Crippen LogP contribution in [0.2, 0.25) is 0 Å². The molecule has 1 heterocycles. The third-order valence-electron chi connectivity index (χ3n) is 2.48. The number of aryl methyl sites for hydroxylation is 2. The zero-order chi connectivity index (χ0) is 11.5. The molecule has 0 atom stereocenters. The van der Waals surface area contributed by atoms with Crippen molar-refractivity contribution < 1.29 is 4.39 Å². The SMILES string of the molecule is Cc1ccc(F)cc1CNc1ccn(C)n1. The third kappa shape index (κ3) is 2.39. The monoisotopic (exact) mass is 219 g/mol. The number of halogens is 1. The second-order valence-electron chi connectivity index (χ2n) is 3.80. The molecule has 0 aliphatic carbocycles. The van der Waals surface area contributed by atoms with Crippen LogP contribution < -0.4 is 5.32 Å². The minimum absolute atomic E-state index is 0.205. The van der Waals surface area contributed by atoms with Crippen molar-refractivity contribution in [1.82, 2.24) is 9.78 Å². The van der Waals surface area contributed by atoms with Gasteiger partial charge in [0.25, 0.3) is 0 Å². The molecule has 0 amide bonds. The van der Waals surface area contributed by atoms with Crippen LogP contribution in [0.25, 0.3) is 0 Å². The van der Waals surface area contributed by atoms with Gasteiger partial charge in [0, 0.05) is 25.9 Å². The highest BCUT2D eigenvalue weighted by Crippen LogP contribution is 2.12. The van der Waals surface area contributed by atoms with Crippen molar-refractivity contribution in [3.05, 3.63) is 47.4 Å². The van der Waals surface area contributed by atoms with Gasteiger partial charge < -0.3 is 5.32 Å². The van der Waals surface area contributed by atoms with Crippen LogP contribution in [0, 0.1) is 12.7 Å². The molecule has 2 aromatic rings. The summed E-state index contributed by atoms with van der Waals surface area (Å²) in [7, 11) is 1.86. The second-order valence-corrected chi connectivity index (χ2v) is 3.80. The molecule has 1 N–H and O–H groups in total. The molecule has 0 spiro atoms. The first kappa shape index (κ1) is 10.7. The lowest BCUT2D eigenvalue weighted by Gasteiger charge is -2.06. The molecular formula is C12H14FN3. The van der Waals surface area contributed by atoms with Gasteiger partial charge in [-0.05, 0) is 30.2 Å². The van der Waals surface area contributed by atoms with Crippen LogP contribution in [0.3, 0.4) is 0 Å². The van der Waals surface area contributed by atoms with Crippen molar-refractivity contribution in [2.45, 2.75) is 13.5 Å². The first-order chi connectivity index (χ1) is 7.65. The molecule has 0 bridgehead atoms. The maximum atomic E-state index is 13.0. The van der Waals surface area contributed by atoms with E-state index in [0.29, 0.717) is 6.54 Å². The summed E-state index contributed by atoms with van der Waals surface area (Å²) in [4.78, 5) is 0. The van der Waals surface area contributed by atoms with E-state index in [1.54, 1.807) is 16.8 Å². The number of rotatable bonds is 3. The van der Waals surface area contributed by atoms with E-state index in [-0.39, 0.29) is 5.82 Å². The molecule has 0 fully saturated rings. The molecule has 3 nitrogen and oxygen atoms in total. The summed E-state index contributed by atoms with van der Waals surface area (Å²) in [5, 5.41) is 7.34. The molecule has 0 saturated carbocycles. The molecule has 16 heavy (non-hydrogen) atoms. The van der Waals surface area contributed by atoms with E-state index in [1.807, 2.05) is 26.2 Å². The Hall–Kier alpha value is -1.84. The molecule has 0 saturated heterocycles. The van der Waals surface area contributed by atoms with Crippen molar-refractivity contribution >= 4 is 5.82 Å². The number of nitrogens with zero attached hydrogens (tertiary/aromatic N) is 2. The molecule has 1 aromatic heterocycles. The fourth-order valence-electron chi connectivity index (χ4n) is 1.53. The highest BCUT2D eigenvalue weighted by atomic mass is 19.1. The first-order valence-corrected chi connectivity index (χ1v) is 5.14. The van der Waals surface area contributed by atoms with Gasteiger partial charge in [-0.1, -0.05) is 6.07 Å². The van der Waals surface area contributed by atoms with Gasteiger partial charge in [0.1, 0.15) is 11.6 Å². The zero-order valence-corrected chi connectivity index (χ0v) is 9.37. The van der Waals surface area contributed by atoms with Crippen LogP contribution >= 0.6 is 0 Å². The van der Waals surface area contributed by atoms with Gasteiger partial charge in [0.05, 0.1) is 0 Å². The number of anilines is 1. The predicted molar refractivity (Wildman–Crippen MR) is 61.7 cm³/mol. The molecule has 0 unspecified atom stereocenters. The lowest BCUT2D eigenvalue weighted by molar-refractivity contribution is 0.625. The number of hydrogen-bond donors (Lipinski definition) is 1. The molecule has 0 radical (unpaired) electrons. The van der Waals surface area contributed by atoms with Crippen LogP contribution in [0.1, 0.15) is 11.1 Å². The Morgan fingerprint density at radius 2 is 2.19 bits per heavy atom. The zero-order valence-electron chi connectivity index (χ0n) is 9.37. The summed E-state index contributed by atoms with van der Waals surface area (Å²) in [6.07, 6.45) is 1.86. The molecule has 1 aromatic carbocycles. The van der Waals surface area contributed by atoms with E-state index in [1.165, 1.54) is 6.07 Å². The van der Waals surface area contributed by atoms with Crippen molar-refractivity contribution in [3.63, 3.8) is 0 Å². The van der Waals surface area contributed by atoms with Gasteiger partial charge in [0.2, 0.25) is 0 Å². The minimum Gasteiger partial charge on any atom is -0.365 e. The van der Waals surface area contributed by atoms with Crippen LogP contribution in [-0.2, 0) is 13.6 Å². The number of nitrogens with one attached hydrogen (secondary N) is 1. The Bertz CT molecular complexity index is 491. The maximum absolute atomic E-state index is 13.0. The standard InChI is InChI=1S/C12H14FN3/c1-9-3-4-11(13)7-10(9)8-14-12-5-6-16(2)15-12/h3-7H,8H2,1-2H3,(H,14,15). The number of aromatic nitrogens is 2. The first-order valence-electron chi connectivity index (χ1n) is 5.14. The van der Waals surface area contributed by atoms with E-state index >= 15 is 0 Å². The van der Waals surface area contributed by atoms with Crippen LogP contribution in [0.15, 0.2) is 30.5 Å². The van der Waals surface area contributed by atoms with Gasteiger partial charge >= 0.3 is 0 Å². The van der Waals surface area contributed by atoms with Gasteiger partial charge in [-0.25, -0.2) is 4.39 Å². The Balaban J connectivity index is 2.07. The van der Waals surface area contributed by atoms with E-state index < -0.39 is 0 Å². The van der Waals surface area contributed by atoms with Gasteiger partial charge in [-0.15, -0.1) is 0 Å². The molecule has 4 heteroatoms. The van der Waals surface area contributed by atoms with Crippen molar-refractivity contribution in [2.75, 3.05) is 5.32 Å². The van der Waals surface area contributed by atoms with E-state index in [9.17, 15) is 4.39 Å². The Morgan fingerprint density at radius 3 is 2.88 bits per heavy atom. The summed E-state index contributed by atoms with van der Waals surface area (Å²) in [5.74, 6) is 0.592.